The van der Waals surface area contributed by atoms with Crippen LogP contribution in [0.3, 0.4) is 0 Å². The summed E-state index contributed by atoms with van der Waals surface area (Å²) < 4.78 is 2.14. The minimum absolute atomic E-state index is 0.0403. The monoisotopic (exact) mass is 342 g/mol. The van der Waals surface area contributed by atoms with Gasteiger partial charge in [-0.2, -0.15) is 5.10 Å². The lowest BCUT2D eigenvalue weighted by atomic mass is 9.97. The highest BCUT2D eigenvalue weighted by Gasteiger charge is 2.18. The first kappa shape index (κ1) is 15.5. The molecule has 1 aromatic heterocycles. The summed E-state index contributed by atoms with van der Waals surface area (Å²) in [6, 6.07) is 0. The molecule has 1 saturated heterocycles. The van der Waals surface area contributed by atoms with Crippen molar-refractivity contribution in [3.63, 3.8) is 0 Å². The summed E-state index contributed by atoms with van der Waals surface area (Å²) in [6.07, 6.45) is 5.09. The second kappa shape index (κ2) is 7.22. The highest BCUT2D eigenvalue weighted by Crippen LogP contribution is 2.23. The molecule has 0 spiro atoms. The number of rotatable bonds is 5. The fourth-order valence-electron chi connectivity index (χ4n) is 2.64. The Bertz CT molecular complexity index is 496. The van der Waals surface area contributed by atoms with Crippen molar-refractivity contribution >= 4 is 21.6 Å². The topological polar surface area (TPSA) is 50.2 Å². The van der Waals surface area contributed by atoms with E-state index in [1.807, 2.05) is 14.0 Å². The van der Waals surface area contributed by atoms with Crippen molar-refractivity contribution in [1.29, 1.82) is 0 Å². The van der Waals surface area contributed by atoms with E-state index in [0.29, 0.717) is 16.9 Å². The number of nitrogens with zero attached hydrogens (tertiary/aromatic N) is 3. The zero-order valence-corrected chi connectivity index (χ0v) is 13.8. The van der Waals surface area contributed by atoms with E-state index in [-0.39, 0.29) is 5.56 Å². The van der Waals surface area contributed by atoms with E-state index in [9.17, 15) is 4.79 Å². The quantitative estimate of drug-likeness (QED) is 0.887. The van der Waals surface area contributed by atoms with Crippen molar-refractivity contribution in [1.82, 2.24) is 15.1 Å². The molecular weight excluding hydrogens is 320 g/mol. The summed E-state index contributed by atoms with van der Waals surface area (Å²) in [5.74, 6) is 0.686. The molecular formula is C14H23BrN4O. The summed E-state index contributed by atoms with van der Waals surface area (Å²) in [5, 5.41) is 7.64. The number of aryl methyl sites for hydroxylation is 1. The van der Waals surface area contributed by atoms with E-state index in [2.05, 4.69) is 31.2 Å². The van der Waals surface area contributed by atoms with Crippen LogP contribution >= 0.6 is 15.9 Å². The van der Waals surface area contributed by atoms with Crippen LogP contribution in [0.4, 0.5) is 5.69 Å². The molecule has 1 aliphatic rings. The van der Waals surface area contributed by atoms with Crippen LogP contribution in [0, 0.1) is 5.92 Å². The number of hydrogen-bond acceptors (Lipinski definition) is 4. The predicted molar refractivity (Wildman–Crippen MR) is 85.4 cm³/mol. The molecule has 0 atom stereocenters. The van der Waals surface area contributed by atoms with E-state index in [1.165, 1.54) is 17.5 Å². The van der Waals surface area contributed by atoms with Gasteiger partial charge in [-0.1, -0.05) is 6.92 Å². The largest absolute Gasteiger partial charge is 0.372 e. The first-order valence-corrected chi connectivity index (χ1v) is 8.10. The molecule has 6 heteroatoms. The molecule has 0 saturated carbocycles. The fourth-order valence-corrected chi connectivity index (χ4v) is 3.25. The van der Waals surface area contributed by atoms with Crippen molar-refractivity contribution < 1.29 is 0 Å². The molecule has 2 rings (SSSR count). The first-order chi connectivity index (χ1) is 9.63. The average molecular weight is 343 g/mol. The van der Waals surface area contributed by atoms with E-state index in [4.69, 9.17) is 0 Å². The normalized spacial score (nSPS) is 16.4. The predicted octanol–water partition coefficient (Wildman–Crippen LogP) is 1.85. The number of piperidine rings is 1. The van der Waals surface area contributed by atoms with Crippen LogP contribution in [-0.2, 0) is 6.54 Å². The van der Waals surface area contributed by atoms with Crippen LogP contribution in [-0.4, -0.2) is 36.5 Å². The van der Waals surface area contributed by atoms with E-state index >= 15 is 0 Å². The lowest BCUT2D eigenvalue weighted by Gasteiger charge is -2.29. The molecule has 5 nitrogen and oxygen atoms in total. The lowest BCUT2D eigenvalue weighted by molar-refractivity contribution is 0.377. The van der Waals surface area contributed by atoms with Crippen LogP contribution in [0.15, 0.2) is 15.5 Å². The Kier molecular flexibility index (Phi) is 5.60. The molecule has 0 bridgehead atoms. The number of anilines is 1. The highest BCUT2D eigenvalue weighted by atomic mass is 79.9. The third-order valence-electron chi connectivity index (χ3n) is 3.80. The molecule has 0 radical (unpaired) electrons. The molecule has 112 valence electrons. The van der Waals surface area contributed by atoms with Gasteiger partial charge in [0.05, 0.1) is 11.9 Å². The molecule has 1 N–H and O–H groups in total. The van der Waals surface area contributed by atoms with Crippen molar-refractivity contribution in [2.75, 3.05) is 31.6 Å². The molecule has 0 amide bonds. The van der Waals surface area contributed by atoms with Gasteiger partial charge in [0, 0.05) is 20.1 Å². The Morgan fingerprint density at radius 1 is 1.50 bits per heavy atom. The Morgan fingerprint density at radius 3 is 2.85 bits per heavy atom. The van der Waals surface area contributed by atoms with Gasteiger partial charge in [-0.15, -0.1) is 0 Å². The van der Waals surface area contributed by atoms with Crippen LogP contribution in [0.5, 0.6) is 0 Å². The number of halogens is 1. The van der Waals surface area contributed by atoms with Gasteiger partial charge in [0.2, 0.25) is 0 Å². The van der Waals surface area contributed by atoms with Gasteiger partial charge in [0.1, 0.15) is 4.47 Å². The Morgan fingerprint density at radius 2 is 2.20 bits per heavy atom. The second-order valence-electron chi connectivity index (χ2n) is 5.45. The van der Waals surface area contributed by atoms with E-state index in [0.717, 1.165) is 31.7 Å². The third kappa shape index (κ3) is 3.61. The molecule has 20 heavy (non-hydrogen) atoms. The van der Waals surface area contributed by atoms with E-state index in [1.54, 1.807) is 6.20 Å². The van der Waals surface area contributed by atoms with Crippen LogP contribution in [0.1, 0.15) is 26.2 Å². The van der Waals surface area contributed by atoms with Crippen LogP contribution < -0.4 is 15.8 Å². The summed E-state index contributed by atoms with van der Waals surface area (Å²) in [5.41, 5.74) is 0.849. The van der Waals surface area contributed by atoms with Crippen molar-refractivity contribution in [2.45, 2.75) is 32.7 Å². The lowest BCUT2D eigenvalue weighted by Crippen LogP contribution is -2.35. The van der Waals surface area contributed by atoms with Gasteiger partial charge in [0.15, 0.2) is 0 Å². The zero-order valence-electron chi connectivity index (χ0n) is 12.2. The smallest absolute Gasteiger partial charge is 0.283 e. The molecule has 0 aliphatic carbocycles. The van der Waals surface area contributed by atoms with E-state index < -0.39 is 0 Å². The minimum atomic E-state index is -0.0403. The highest BCUT2D eigenvalue weighted by molar-refractivity contribution is 9.10. The third-order valence-corrected chi connectivity index (χ3v) is 4.55. The second-order valence-corrected chi connectivity index (χ2v) is 6.24. The first-order valence-electron chi connectivity index (χ1n) is 7.31. The van der Waals surface area contributed by atoms with Gasteiger partial charge in [-0.3, -0.25) is 4.79 Å². The summed E-state index contributed by atoms with van der Waals surface area (Å²) >= 11 is 3.44. The summed E-state index contributed by atoms with van der Waals surface area (Å²) in [6.45, 7) is 5.86. The van der Waals surface area contributed by atoms with Gasteiger partial charge < -0.3 is 10.2 Å². The fraction of sp³-hybridized carbons (Fsp3) is 0.714. The van der Waals surface area contributed by atoms with Crippen LogP contribution in [0.2, 0.25) is 0 Å². The number of hydrogen-bond donors (Lipinski definition) is 1. The maximum atomic E-state index is 12.2. The molecule has 2 heterocycles. The van der Waals surface area contributed by atoms with Crippen molar-refractivity contribution in [2.24, 2.45) is 5.92 Å². The summed E-state index contributed by atoms with van der Waals surface area (Å²) in [7, 11) is 2.04. The van der Waals surface area contributed by atoms with Gasteiger partial charge in [-0.05, 0) is 54.2 Å². The molecule has 1 aliphatic heterocycles. The molecule has 1 fully saturated rings. The number of nitrogens with one attached hydrogen (secondary N) is 1. The maximum absolute atomic E-state index is 12.2. The Labute approximate surface area is 128 Å². The average Bonchev–Trinajstić information content (AvgIpc) is 2.45. The number of aromatic nitrogens is 2. The summed E-state index contributed by atoms with van der Waals surface area (Å²) in [4.78, 5) is 14.3. The molecule has 1 aromatic rings. The SMILES string of the molecule is CCCn1ncc(N(C)CC2CCNCC2)c(Br)c1=O. The van der Waals surface area contributed by atoms with Crippen LogP contribution in [0.25, 0.3) is 0 Å². The standard InChI is InChI=1S/C14H23BrN4O/c1-3-8-19-14(20)13(15)12(9-17-19)18(2)10-11-4-6-16-7-5-11/h9,11,16H,3-8,10H2,1-2H3. The zero-order chi connectivity index (χ0) is 14.5. The van der Waals surface area contributed by atoms with Crippen molar-refractivity contribution in [3.05, 3.63) is 21.0 Å². The maximum Gasteiger partial charge on any atom is 0.283 e. The van der Waals surface area contributed by atoms with Gasteiger partial charge in [0.25, 0.3) is 5.56 Å². The molecule has 0 aromatic carbocycles. The molecule has 0 unspecified atom stereocenters. The Balaban J connectivity index is 2.11. The van der Waals surface area contributed by atoms with Crippen molar-refractivity contribution in [3.8, 4) is 0 Å². The minimum Gasteiger partial charge on any atom is -0.372 e. The Hall–Kier alpha value is -0.880. The van der Waals surface area contributed by atoms with Gasteiger partial charge in [-0.25, -0.2) is 4.68 Å². The van der Waals surface area contributed by atoms with Gasteiger partial charge >= 0.3 is 0 Å².